The van der Waals surface area contributed by atoms with Crippen molar-refractivity contribution in [3.8, 4) is 11.3 Å². The summed E-state index contributed by atoms with van der Waals surface area (Å²) < 4.78 is 38.4. The Kier molecular flexibility index (Phi) is 5.59. The zero-order valence-corrected chi connectivity index (χ0v) is 17.3. The monoisotopic (exact) mass is 458 g/mol. The molecule has 3 heterocycles. The molecule has 0 amide bonds. The number of aromatic nitrogens is 2. The molecular weight excluding hydrogens is 444 g/mol. The van der Waals surface area contributed by atoms with Crippen LogP contribution in [0.5, 0.6) is 0 Å². The first-order valence-corrected chi connectivity index (χ1v) is 10.4. The third-order valence-electron chi connectivity index (χ3n) is 4.63. The van der Waals surface area contributed by atoms with E-state index >= 15 is 0 Å². The summed E-state index contributed by atoms with van der Waals surface area (Å²) >= 11 is 13.6. The summed E-state index contributed by atoms with van der Waals surface area (Å²) in [7, 11) is 0. The Morgan fingerprint density at radius 2 is 1.62 bits per heavy atom. The molecule has 0 bridgehead atoms. The summed E-state index contributed by atoms with van der Waals surface area (Å²) in [6.45, 7) is 2.53. The molecule has 152 valence electrons. The lowest BCUT2D eigenvalue weighted by molar-refractivity contribution is -0.137. The van der Waals surface area contributed by atoms with Gasteiger partial charge in [-0.3, -0.25) is 0 Å². The van der Waals surface area contributed by atoms with Crippen LogP contribution in [-0.2, 0) is 6.18 Å². The van der Waals surface area contributed by atoms with Gasteiger partial charge in [0.05, 0.1) is 16.3 Å². The van der Waals surface area contributed by atoms with Crippen molar-refractivity contribution in [1.29, 1.82) is 0 Å². The summed E-state index contributed by atoms with van der Waals surface area (Å²) in [5, 5.41) is 3.59. The summed E-state index contributed by atoms with van der Waals surface area (Å²) in [6.07, 6.45) is -3.63. The average molecular weight is 459 g/mol. The molecule has 1 aliphatic rings. The highest BCUT2D eigenvalue weighted by molar-refractivity contribution is 7.14. The Hall–Kier alpha value is -2.03. The Morgan fingerprint density at radius 3 is 2.24 bits per heavy atom. The predicted octanol–water partition coefficient (Wildman–Crippen LogP) is 5.86. The second-order valence-corrected chi connectivity index (χ2v) is 8.20. The van der Waals surface area contributed by atoms with Crippen LogP contribution in [0.15, 0.2) is 41.9 Å². The van der Waals surface area contributed by atoms with E-state index in [2.05, 4.69) is 9.88 Å². The minimum Gasteiger partial charge on any atom is -0.352 e. The van der Waals surface area contributed by atoms with E-state index in [1.165, 1.54) is 0 Å². The lowest BCUT2D eigenvalue weighted by Gasteiger charge is -2.35. The lowest BCUT2D eigenvalue weighted by Crippen LogP contribution is -2.47. The largest absolute Gasteiger partial charge is 0.417 e. The number of hydrogen-bond donors (Lipinski definition) is 0. The number of alkyl halides is 3. The fraction of sp³-hybridized carbons (Fsp3) is 0.263. The molecule has 4 rings (SSSR count). The molecule has 1 fully saturated rings. The quantitative estimate of drug-likeness (QED) is 0.492. The molecule has 2 aromatic heterocycles. The number of anilines is 2. The van der Waals surface area contributed by atoms with Crippen molar-refractivity contribution in [2.45, 2.75) is 6.18 Å². The third-order valence-corrected chi connectivity index (χ3v) is 6.06. The first kappa shape index (κ1) is 20.3. The molecule has 29 heavy (non-hydrogen) atoms. The molecule has 3 aromatic rings. The molecule has 0 saturated carbocycles. The van der Waals surface area contributed by atoms with Crippen molar-refractivity contribution >= 4 is 45.5 Å². The van der Waals surface area contributed by atoms with Crippen LogP contribution in [0.25, 0.3) is 11.3 Å². The smallest absolute Gasteiger partial charge is 0.352 e. The van der Waals surface area contributed by atoms with Crippen molar-refractivity contribution < 1.29 is 13.2 Å². The third kappa shape index (κ3) is 4.44. The number of rotatable bonds is 3. The van der Waals surface area contributed by atoms with Crippen LogP contribution in [-0.4, -0.2) is 36.1 Å². The molecule has 0 N–H and O–H groups in total. The van der Waals surface area contributed by atoms with E-state index in [4.69, 9.17) is 28.2 Å². The van der Waals surface area contributed by atoms with E-state index < -0.39 is 11.7 Å². The van der Waals surface area contributed by atoms with Crippen LogP contribution >= 0.6 is 34.5 Å². The first-order chi connectivity index (χ1) is 13.8. The molecule has 1 saturated heterocycles. The Balaban J connectivity index is 1.43. The number of nitrogens with zero attached hydrogens (tertiary/aromatic N) is 4. The minimum absolute atomic E-state index is 0.00699. The summed E-state index contributed by atoms with van der Waals surface area (Å²) in [5.74, 6) is 0.375. The lowest BCUT2D eigenvalue weighted by atomic mass is 10.2. The van der Waals surface area contributed by atoms with E-state index in [-0.39, 0.29) is 5.02 Å². The number of thiazole rings is 1. The zero-order valence-electron chi connectivity index (χ0n) is 15.0. The van der Waals surface area contributed by atoms with E-state index in [0.29, 0.717) is 37.0 Å². The summed E-state index contributed by atoms with van der Waals surface area (Å²) in [5.41, 5.74) is 1.04. The molecule has 0 radical (unpaired) electrons. The van der Waals surface area contributed by atoms with Gasteiger partial charge < -0.3 is 9.80 Å². The van der Waals surface area contributed by atoms with Gasteiger partial charge in [-0.05, 0) is 18.2 Å². The summed E-state index contributed by atoms with van der Waals surface area (Å²) in [6, 6.07) is 8.44. The molecule has 1 aliphatic heterocycles. The Morgan fingerprint density at radius 1 is 0.966 bits per heavy atom. The van der Waals surface area contributed by atoms with Crippen LogP contribution in [0.2, 0.25) is 10.0 Å². The number of piperazine rings is 1. The standard InChI is InChI=1S/C19H15Cl2F3N4S/c20-14-3-1-12(2-4-14)16-11-29-18(26-16)28-7-5-27(6-8-28)17-15(21)9-13(10-25-17)19(22,23)24/h1-4,9-11H,5-8H2. The molecule has 4 nitrogen and oxygen atoms in total. The molecule has 0 unspecified atom stereocenters. The fourth-order valence-electron chi connectivity index (χ4n) is 3.09. The van der Waals surface area contributed by atoms with Crippen LogP contribution in [0.3, 0.4) is 0 Å². The Bertz CT molecular complexity index is 999. The van der Waals surface area contributed by atoms with E-state index in [0.717, 1.165) is 28.7 Å². The normalized spacial score (nSPS) is 15.1. The van der Waals surface area contributed by atoms with Crippen LogP contribution < -0.4 is 9.80 Å². The zero-order chi connectivity index (χ0) is 20.6. The van der Waals surface area contributed by atoms with Gasteiger partial charge in [-0.1, -0.05) is 35.3 Å². The highest BCUT2D eigenvalue weighted by atomic mass is 35.5. The number of benzene rings is 1. The van der Waals surface area contributed by atoms with Crippen LogP contribution in [0, 0.1) is 0 Å². The minimum atomic E-state index is -4.46. The first-order valence-electron chi connectivity index (χ1n) is 8.75. The van der Waals surface area contributed by atoms with Gasteiger partial charge in [-0.2, -0.15) is 13.2 Å². The van der Waals surface area contributed by atoms with Crippen molar-refractivity contribution in [3.63, 3.8) is 0 Å². The molecule has 1 aromatic carbocycles. The van der Waals surface area contributed by atoms with Gasteiger partial charge in [0.2, 0.25) is 0 Å². The van der Waals surface area contributed by atoms with Gasteiger partial charge in [0.15, 0.2) is 5.13 Å². The number of pyridine rings is 1. The van der Waals surface area contributed by atoms with Crippen LogP contribution in [0.4, 0.5) is 24.1 Å². The van der Waals surface area contributed by atoms with E-state index in [9.17, 15) is 13.2 Å². The van der Waals surface area contributed by atoms with Crippen molar-refractivity contribution in [1.82, 2.24) is 9.97 Å². The molecule has 0 aliphatic carbocycles. The van der Waals surface area contributed by atoms with Crippen molar-refractivity contribution in [2.75, 3.05) is 36.0 Å². The number of hydrogen-bond acceptors (Lipinski definition) is 5. The maximum absolute atomic E-state index is 12.8. The maximum Gasteiger partial charge on any atom is 0.417 e. The van der Waals surface area contributed by atoms with Gasteiger partial charge in [-0.25, -0.2) is 9.97 Å². The average Bonchev–Trinajstić information content (AvgIpc) is 3.18. The topological polar surface area (TPSA) is 32.3 Å². The van der Waals surface area contributed by atoms with E-state index in [1.54, 1.807) is 11.3 Å². The molecular formula is C19H15Cl2F3N4S. The van der Waals surface area contributed by atoms with Crippen molar-refractivity contribution in [3.05, 3.63) is 57.5 Å². The second kappa shape index (κ2) is 8.01. The maximum atomic E-state index is 12.8. The van der Waals surface area contributed by atoms with Crippen molar-refractivity contribution in [2.24, 2.45) is 0 Å². The van der Waals surface area contributed by atoms with Gasteiger partial charge in [-0.15, -0.1) is 11.3 Å². The Labute approximate surface area is 179 Å². The molecule has 0 spiro atoms. The molecule has 10 heteroatoms. The highest BCUT2D eigenvalue weighted by Gasteiger charge is 2.32. The molecule has 0 atom stereocenters. The predicted molar refractivity (Wildman–Crippen MR) is 111 cm³/mol. The van der Waals surface area contributed by atoms with Gasteiger partial charge in [0.1, 0.15) is 5.82 Å². The van der Waals surface area contributed by atoms with Gasteiger partial charge >= 0.3 is 6.18 Å². The fourth-order valence-corrected chi connectivity index (χ4v) is 4.39. The van der Waals surface area contributed by atoms with Gasteiger partial charge in [0.25, 0.3) is 0 Å². The van der Waals surface area contributed by atoms with E-state index in [1.807, 2.05) is 34.5 Å². The summed E-state index contributed by atoms with van der Waals surface area (Å²) in [4.78, 5) is 12.7. The second-order valence-electron chi connectivity index (χ2n) is 6.52. The van der Waals surface area contributed by atoms with Crippen LogP contribution in [0.1, 0.15) is 5.56 Å². The number of halogens is 5. The highest BCUT2D eigenvalue weighted by Crippen LogP contribution is 2.34. The van der Waals surface area contributed by atoms with Gasteiger partial charge in [0, 0.05) is 48.3 Å². The SMILES string of the molecule is FC(F)(F)c1cnc(N2CCN(c3nc(-c4ccc(Cl)cc4)cs3)CC2)c(Cl)c1.